The number of thiophene rings is 1. The Labute approximate surface area is 184 Å². The van der Waals surface area contributed by atoms with Crippen molar-refractivity contribution in [1.82, 2.24) is 20.2 Å². The molecule has 0 atom stereocenters. The van der Waals surface area contributed by atoms with Crippen LogP contribution in [0.2, 0.25) is 0 Å². The maximum Gasteiger partial charge on any atom is 0.264 e. The van der Waals surface area contributed by atoms with E-state index < -0.39 is 0 Å². The number of aryl methyl sites for hydroxylation is 2. The van der Waals surface area contributed by atoms with E-state index in [2.05, 4.69) is 27.4 Å². The van der Waals surface area contributed by atoms with E-state index in [1.54, 1.807) is 11.8 Å². The highest BCUT2D eigenvalue weighted by Crippen LogP contribution is 2.29. The zero-order chi connectivity index (χ0) is 21.8. The van der Waals surface area contributed by atoms with Gasteiger partial charge in [-0.1, -0.05) is 30.3 Å². The molecule has 0 radical (unpaired) electrons. The number of H-pyrrole nitrogens is 1. The summed E-state index contributed by atoms with van der Waals surface area (Å²) in [6, 6.07) is 10.2. The van der Waals surface area contributed by atoms with Gasteiger partial charge in [-0.3, -0.25) is 14.4 Å². The summed E-state index contributed by atoms with van der Waals surface area (Å²) in [6.45, 7) is 3.53. The van der Waals surface area contributed by atoms with Crippen molar-refractivity contribution in [2.24, 2.45) is 5.92 Å². The van der Waals surface area contributed by atoms with Gasteiger partial charge < -0.3 is 15.2 Å². The van der Waals surface area contributed by atoms with Gasteiger partial charge in [0.1, 0.15) is 4.83 Å². The maximum absolute atomic E-state index is 13.0. The second kappa shape index (κ2) is 9.43. The van der Waals surface area contributed by atoms with Crippen molar-refractivity contribution in [2.75, 3.05) is 19.6 Å². The van der Waals surface area contributed by atoms with Crippen LogP contribution in [-0.2, 0) is 11.2 Å². The predicted octanol–water partition coefficient (Wildman–Crippen LogP) is 2.89. The van der Waals surface area contributed by atoms with Crippen molar-refractivity contribution in [3.8, 4) is 0 Å². The van der Waals surface area contributed by atoms with E-state index in [0.717, 1.165) is 12.8 Å². The molecule has 3 aromatic rings. The van der Waals surface area contributed by atoms with Crippen LogP contribution in [0.3, 0.4) is 0 Å². The summed E-state index contributed by atoms with van der Waals surface area (Å²) >= 11 is 1.26. The van der Waals surface area contributed by atoms with Crippen LogP contribution in [0.15, 0.2) is 41.5 Å². The van der Waals surface area contributed by atoms with Crippen molar-refractivity contribution in [1.29, 1.82) is 0 Å². The molecule has 2 N–H and O–H groups in total. The highest BCUT2D eigenvalue weighted by atomic mass is 32.1. The summed E-state index contributed by atoms with van der Waals surface area (Å²) in [4.78, 5) is 47.3. The normalized spacial score (nSPS) is 14.7. The first-order valence-electron chi connectivity index (χ1n) is 10.6. The summed E-state index contributed by atoms with van der Waals surface area (Å²) in [5.74, 6) is -0.0654. The Morgan fingerprint density at radius 2 is 1.97 bits per heavy atom. The van der Waals surface area contributed by atoms with Gasteiger partial charge in [-0.25, -0.2) is 4.98 Å². The number of hydrogen-bond acceptors (Lipinski definition) is 5. The van der Waals surface area contributed by atoms with E-state index in [-0.39, 0.29) is 23.3 Å². The minimum Gasteiger partial charge on any atom is -0.356 e. The number of aromatic amines is 1. The van der Waals surface area contributed by atoms with Gasteiger partial charge in [0.15, 0.2) is 0 Å². The predicted molar refractivity (Wildman–Crippen MR) is 121 cm³/mol. The fraction of sp³-hybridized carbons (Fsp3) is 0.391. The third-order valence-corrected chi connectivity index (χ3v) is 7.05. The lowest BCUT2D eigenvalue weighted by molar-refractivity contribution is -0.126. The lowest BCUT2D eigenvalue weighted by atomic mass is 9.95. The second-order valence-electron chi connectivity index (χ2n) is 7.91. The number of aromatic nitrogens is 2. The van der Waals surface area contributed by atoms with Gasteiger partial charge in [0.05, 0.1) is 16.6 Å². The van der Waals surface area contributed by atoms with Gasteiger partial charge in [-0.05, 0) is 43.7 Å². The lowest BCUT2D eigenvalue weighted by Crippen LogP contribution is -2.43. The zero-order valence-corrected chi connectivity index (χ0v) is 18.3. The van der Waals surface area contributed by atoms with Crippen LogP contribution < -0.4 is 10.9 Å². The number of rotatable bonds is 6. The molecule has 0 spiro atoms. The molecular weight excluding hydrogens is 412 g/mol. The molecular formula is C23H26N4O3S. The summed E-state index contributed by atoms with van der Waals surface area (Å²) in [5, 5.41) is 3.53. The zero-order valence-electron chi connectivity index (χ0n) is 17.5. The SMILES string of the molecule is Cc1c(C(=O)N2CCC(C(=O)NCCCc3ccccc3)CC2)sc2nc[nH]c(=O)c12. The van der Waals surface area contributed by atoms with Crippen molar-refractivity contribution in [2.45, 2.75) is 32.6 Å². The largest absolute Gasteiger partial charge is 0.356 e. The molecule has 8 heteroatoms. The Morgan fingerprint density at radius 3 is 2.68 bits per heavy atom. The van der Waals surface area contributed by atoms with Crippen molar-refractivity contribution in [3.05, 3.63) is 63.0 Å². The standard InChI is InChI=1S/C23H26N4O3S/c1-15-18-21(29)25-14-26-22(18)31-19(15)23(30)27-12-9-17(10-13-27)20(28)24-11-5-8-16-6-3-2-4-7-16/h2-4,6-7,14,17H,5,8-13H2,1H3,(H,24,28)(H,25,26,29). The van der Waals surface area contributed by atoms with Crippen LogP contribution in [-0.4, -0.2) is 46.3 Å². The molecule has 0 bridgehead atoms. The molecule has 2 amide bonds. The quantitative estimate of drug-likeness (QED) is 0.579. The van der Waals surface area contributed by atoms with Crippen molar-refractivity contribution >= 4 is 33.4 Å². The lowest BCUT2D eigenvalue weighted by Gasteiger charge is -2.31. The van der Waals surface area contributed by atoms with Crippen LogP contribution in [0.5, 0.6) is 0 Å². The minimum atomic E-state index is -0.222. The average molecular weight is 439 g/mol. The van der Waals surface area contributed by atoms with Crippen LogP contribution in [0.4, 0.5) is 0 Å². The van der Waals surface area contributed by atoms with Gasteiger partial charge in [0, 0.05) is 25.6 Å². The highest BCUT2D eigenvalue weighted by molar-refractivity contribution is 7.20. The van der Waals surface area contributed by atoms with E-state index in [1.807, 2.05) is 18.2 Å². The molecule has 3 heterocycles. The van der Waals surface area contributed by atoms with E-state index >= 15 is 0 Å². The summed E-state index contributed by atoms with van der Waals surface area (Å²) in [7, 11) is 0. The summed E-state index contributed by atoms with van der Waals surface area (Å²) < 4.78 is 0. The smallest absolute Gasteiger partial charge is 0.264 e. The fourth-order valence-electron chi connectivity index (χ4n) is 4.06. The number of nitrogens with zero attached hydrogens (tertiary/aromatic N) is 2. The number of piperidine rings is 1. The number of fused-ring (bicyclic) bond motifs is 1. The maximum atomic E-state index is 13.0. The molecule has 7 nitrogen and oxygen atoms in total. The average Bonchev–Trinajstić information content (AvgIpc) is 3.14. The molecule has 162 valence electrons. The highest BCUT2D eigenvalue weighted by Gasteiger charge is 2.29. The van der Waals surface area contributed by atoms with Gasteiger partial charge in [-0.2, -0.15) is 0 Å². The fourth-order valence-corrected chi connectivity index (χ4v) is 5.18. The Morgan fingerprint density at radius 1 is 1.23 bits per heavy atom. The van der Waals surface area contributed by atoms with Crippen LogP contribution in [0, 0.1) is 12.8 Å². The Balaban J connectivity index is 1.28. The number of carbonyl (C=O) groups excluding carboxylic acids is 2. The molecule has 1 fully saturated rings. The molecule has 0 aliphatic carbocycles. The number of nitrogens with one attached hydrogen (secondary N) is 2. The van der Waals surface area contributed by atoms with E-state index in [4.69, 9.17) is 0 Å². The van der Waals surface area contributed by atoms with Gasteiger partial charge in [0.25, 0.3) is 11.5 Å². The Kier molecular flexibility index (Phi) is 6.46. The number of carbonyl (C=O) groups is 2. The number of hydrogen-bond donors (Lipinski definition) is 2. The monoisotopic (exact) mass is 438 g/mol. The molecule has 1 aliphatic rings. The first-order chi connectivity index (χ1) is 15.0. The van der Waals surface area contributed by atoms with Gasteiger partial charge in [0.2, 0.25) is 5.91 Å². The van der Waals surface area contributed by atoms with Crippen LogP contribution >= 0.6 is 11.3 Å². The molecule has 1 saturated heterocycles. The van der Waals surface area contributed by atoms with Gasteiger partial charge >= 0.3 is 0 Å². The molecule has 31 heavy (non-hydrogen) atoms. The van der Waals surface area contributed by atoms with Crippen molar-refractivity contribution < 1.29 is 9.59 Å². The van der Waals surface area contributed by atoms with Gasteiger partial charge in [-0.15, -0.1) is 11.3 Å². The Bertz CT molecular complexity index is 1130. The van der Waals surface area contributed by atoms with Crippen LogP contribution in [0.25, 0.3) is 10.2 Å². The third-order valence-electron chi connectivity index (χ3n) is 5.86. The summed E-state index contributed by atoms with van der Waals surface area (Å²) in [6.07, 6.45) is 4.52. The van der Waals surface area contributed by atoms with E-state index in [0.29, 0.717) is 53.1 Å². The number of amides is 2. The number of benzene rings is 1. The molecule has 1 aliphatic heterocycles. The molecule has 4 rings (SSSR count). The van der Waals surface area contributed by atoms with Crippen LogP contribution in [0.1, 0.15) is 40.1 Å². The van der Waals surface area contributed by atoms with E-state index in [9.17, 15) is 14.4 Å². The van der Waals surface area contributed by atoms with E-state index in [1.165, 1.54) is 23.2 Å². The second-order valence-corrected chi connectivity index (χ2v) is 8.91. The molecule has 2 aromatic heterocycles. The third kappa shape index (κ3) is 4.69. The topological polar surface area (TPSA) is 95.2 Å². The summed E-state index contributed by atoms with van der Waals surface area (Å²) in [5.41, 5.74) is 1.73. The number of likely N-dealkylation sites (tertiary alicyclic amines) is 1. The first-order valence-corrected chi connectivity index (χ1v) is 11.4. The van der Waals surface area contributed by atoms with Crippen molar-refractivity contribution in [3.63, 3.8) is 0 Å². The molecule has 1 aromatic carbocycles. The Hall–Kier alpha value is -3.00. The molecule has 0 saturated carbocycles. The first kappa shape index (κ1) is 21.2. The molecule has 0 unspecified atom stereocenters. The minimum absolute atomic E-state index is 0.0613.